The van der Waals surface area contributed by atoms with Crippen molar-refractivity contribution in [3.8, 4) is 5.75 Å². The molecule has 4 heteroatoms. The van der Waals surface area contributed by atoms with Gasteiger partial charge in [0.05, 0.1) is 12.7 Å². The number of ketones is 1. The highest BCUT2D eigenvalue weighted by molar-refractivity contribution is 6.31. The third kappa shape index (κ3) is 1.93. The summed E-state index contributed by atoms with van der Waals surface area (Å²) < 4.78 is 4.97. The van der Waals surface area contributed by atoms with E-state index in [2.05, 4.69) is 0 Å². The fourth-order valence-corrected chi connectivity index (χ4v) is 1.45. The van der Waals surface area contributed by atoms with Gasteiger partial charge in [-0.2, -0.15) is 0 Å². The molecule has 0 saturated carbocycles. The molecule has 0 saturated heterocycles. The van der Waals surface area contributed by atoms with Crippen LogP contribution in [0.3, 0.4) is 0 Å². The van der Waals surface area contributed by atoms with Crippen LogP contribution in [0.25, 0.3) is 0 Å². The fraction of sp³-hybridized carbons (Fsp3) is 0.200. The van der Waals surface area contributed by atoms with Crippen LogP contribution < -0.4 is 4.74 Å². The largest absolute Gasteiger partial charge is 0.496 e. The lowest BCUT2D eigenvalue weighted by molar-refractivity contribution is 0.100. The summed E-state index contributed by atoms with van der Waals surface area (Å²) in [5.74, 6) is 0.104. The third-order valence-corrected chi connectivity index (χ3v) is 2.01. The molecule has 0 bridgehead atoms. The zero-order chi connectivity index (χ0) is 10.7. The van der Waals surface area contributed by atoms with Crippen LogP contribution in [0.4, 0.5) is 0 Å². The Morgan fingerprint density at radius 3 is 2.57 bits per heavy atom. The monoisotopic (exact) mass is 212 g/mol. The first-order valence-electron chi connectivity index (χ1n) is 3.93. The van der Waals surface area contributed by atoms with Gasteiger partial charge in [-0.1, -0.05) is 11.6 Å². The Kier molecular flexibility index (Phi) is 3.25. The molecule has 0 atom stereocenters. The highest BCUT2D eigenvalue weighted by Gasteiger charge is 2.14. The van der Waals surface area contributed by atoms with Gasteiger partial charge in [-0.05, 0) is 19.1 Å². The molecule has 1 rings (SSSR count). The first kappa shape index (κ1) is 10.7. The Hall–Kier alpha value is -1.35. The van der Waals surface area contributed by atoms with Crippen molar-refractivity contribution in [1.29, 1.82) is 0 Å². The molecule has 0 aliphatic carbocycles. The van der Waals surface area contributed by atoms with Gasteiger partial charge in [0, 0.05) is 10.6 Å². The van der Waals surface area contributed by atoms with Gasteiger partial charge >= 0.3 is 0 Å². The highest BCUT2D eigenvalue weighted by atomic mass is 35.5. The zero-order valence-electron chi connectivity index (χ0n) is 7.83. The Labute approximate surface area is 86.6 Å². The molecule has 0 aliphatic heterocycles. The fourth-order valence-electron chi connectivity index (χ4n) is 1.23. The maximum Gasteiger partial charge on any atom is 0.164 e. The molecule has 74 valence electrons. The van der Waals surface area contributed by atoms with Crippen LogP contribution >= 0.6 is 11.6 Å². The Morgan fingerprint density at radius 2 is 2.14 bits per heavy atom. The van der Waals surface area contributed by atoms with Crippen molar-refractivity contribution in [1.82, 2.24) is 0 Å². The molecule has 0 fully saturated rings. The van der Waals surface area contributed by atoms with Crippen LogP contribution in [-0.4, -0.2) is 19.2 Å². The van der Waals surface area contributed by atoms with Crippen molar-refractivity contribution in [3.05, 3.63) is 28.3 Å². The summed E-state index contributed by atoms with van der Waals surface area (Å²) in [5.41, 5.74) is 0.522. The Morgan fingerprint density at radius 1 is 1.50 bits per heavy atom. The van der Waals surface area contributed by atoms with E-state index in [0.29, 0.717) is 17.1 Å². The standard InChI is InChI=1S/C10H9ClO3/c1-6(13)10-7(5-12)3-8(11)4-9(10)14-2/h3-5H,1-2H3. The van der Waals surface area contributed by atoms with Gasteiger partial charge in [-0.3, -0.25) is 9.59 Å². The van der Waals surface area contributed by atoms with E-state index in [0.717, 1.165) is 0 Å². The van der Waals surface area contributed by atoms with Crippen LogP contribution in [0.2, 0.25) is 5.02 Å². The normalized spacial score (nSPS) is 9.64. The third-order valence-electron chi connectivity index (χ3n) is 1.80. The minimum atomic E-state index is -0.222. The summed E-state index contributed by atoms with van der Waals surface area (Å²) >= 11 is 5.73. The minimum absolute atomic E-state index is 0.222. The maximum atomic E-state index is 11.2. The van der Waals surface area contributed by atoms with E-state index in [4.69, 9.17) is 16.3 Å². The second-order valence-electron chi connectivity index (χ2n) is 2.75. The number of halogens is 1. The quantitative estimate of drug-likeness (QED) is 0.571. The van der Waals surface area contributed by atoms with Crippen LogP contribution in [-0.2, 0) is 0 Å². The second kappa shape index (κ2) is 4.24. The number of benzene rings is 1. The highest BCUT2D eigenvalue weighted by Crippen LogP contribution is 2.26. The summed E-state index contributed by atoms with van der Waals surface area (Å²) in [5, 5.41) is 0.369. The minimum Gasteiger partial charge on any atom is -0.496 e. The smallest absolute Gasteiger partial charge is 0.164 e. The number of hydrogen-bond acceptors (Lipinski definition) is 3. The van der Waals surface area contributed by atoms with Gasteiger partial charge in [0.1, 0.15) is 5.75 Å². The van der Waals surface area contributed by atoms with Crippen LogP contribution in [0.15, 0.2) is 12.1 Å². The summed E-state index contributed by atoms with van der Waals surface area (Å²) in [6.07, 6.45) is 0.588. The number of Topliss-reactive ketones (excluding diaryl/α,β-unsaturated/α-hetero) is 1. The van der Waals surface area contributed by atoms with Crippen LogP contribution in [0, 0.1) is 0 Å². The lowest BCUT2D eigenvalue weighted by Crippen LogP contribution is -2.02. The first-order valence-corrected chi connectivity index (χ1v) is 4.31. The molecule has 14 heavy (non-hydrogen) atoms. The van der Waals surface area contributed by atoms with E-state index in [1.54, 1.807) is 0 Å². The molecule has 0 heterocycles. The van der Waals surface area contributed by atoms with Crippen molar-refractivity contribution in [2.75, 3.05) is 7.11 Å². The number of ether oxygens (including phenoxy) is 1. The Bertz CT molecular complexity index is 385. The predicted octanol–water partition coefficient (Wildman–Crippen LogP) is 2.36. The van der Waals surface area contributed by atoms with E-state index in [1.807, 2.05) is 0 Å². The number of carbonyl (C=O) groups is 2. The SMILES string of the molecule is COc1cc(Cl)cc(C=O)c1C(C)=O. The van der Waals surface area contributed by atoms with Crippen molar-refractivity contribution in [2.24, 2.45) is 0 Å². The van der Waals surface area contributed by atoms with Crippen molar-refractivity contribution in [3.63, 3.8) is 0 Å². The average Bonchev–Trinajstić information content (AvgIpc) is 2.15. The molecule has 0 unspecified atom stereocenters. The van der Waals surface area contributed by atoms with E-state index < -0.39 is 0 Å². The number of methoxy groups -OCH3 is 1. The van der Waals surface area contributed by atoms with E-state index in [9.17, 15) is 9.59 Å². The summed E-state index contributed by atoms with van der Waals surface area (Å²) in [7, 11) is 1.42. The van der Waals surface area contributed by atoms with Gasteiger partial charge in [0.2, 0.25) is 0 Å². The van der Waals surface area contributed by atoms with Crippen molar-refractivity contribution in [2.45, 2.75) is 6.92 Å². The number of aldehydes is 1. The first-order chi connectivity index (χ1) is 6.60. The molecule has 3 nitrogen and oxygen atoms in total. The second-order valence-corrected chi connectivity index (χ2v) is 3.18. The van der Waals surface area contributed by atoms with Crippen LogP contribution in [0.1, 0.15) is 27.6 Å². The molecular formula is C10H9ClO3. The topological polar surface area (TPSA) is 43.4 Å². The molecule has 0 amide bonds. The van der Waals surface area contributed by atoms with Gasteiger partial charge in [0.25, 0.3) is 0 Å². The van der Waals surface area contributed by atoms with Crippen molar-refractivity contribution < 1.29 is 14.3 Å². The summed E-state index contributed by atoms with van der Waals surface area (Å²) in [6, 6.07) is 2.94. The average molecular weight is 213 g/mol. The molecule has 0 radical (unpaired) electrons. The molecule has 1 aromatic rings. The Balaban J connectivity index is 3.48. The van der Waals surface area contributed by atoms with E-state index >= 15 is 0 Å². The van der Waals surface area contributed by atoms with E-state index in [1.165, 1.54) is 26.2 Å². The number of hydrogen-bond donors (Lipinski definition) is 0. The van der Waals surface area contributed by atoms with Gasteiger partial charge < -0.3 is 4.74 Å². The van der Waals surface area contributed by atoms with Gasteiger partial charge in [0.15, 0.2) is 12.1 Å². The molecular weight excluding hydrogens is 204 g/mol. The lowest BCUT2D eigenvalue weighted by Gasteiger charge is -2.08. The zero-order valence-corrected chi connectivity index (χ0v) is 8.59. The predicted molar refractivity (Wildman–Crippen MR) is 53.4 cm³/mol. The van der Waals surface area contributed by atoms with E-state index in [-0.39, 0.29) is 16.9 Å². The molecule has 0 aromatic heterocycles. The number of rotatable bonds is 3. The molecule has 0 aliphatic rings. The van der Waals surface area contributed by atoms with Gasteiger partial charge in [-0.25, -0.2) is 0 Å². The lowest BCUT2D eigenvalue weighted by atomic mass is 10.0. The van der Waals surface area contributed by atoms with Gasteiger partial charge in [-0.15, -0.1) is 0 Å². The molecule has 0 spiro atoms. The summed E-state index contributed by atoms with van der Waals surface area (Å²) in [4.78, 5) is 21.9. The summed E-state index contributed by atoms with van der Waals surface area (Å²) in [6.45, 7) is 1.37. The molecule has 1 aromatic carbocycles. The number of carbonyl (C=O) groups excluding carboxylic acids is 2. The molecule has 0 N–H and O–H groups in total. The van der Waals surface area contributed by atoms with Crippen LogP contribution in [0.5, 0.6) is 5.75 Å². The van der Waals surface area contributed by atoms with Crippen molar-refractivity contribution >= 4 is 23.7 Å². The maximum absolute atomic E-state index is 11.2.